The van der Waals surface area contributed by atoms with Gasteiger partial charge in [-0.2, -0.15) is 0 Å². The zero-order valence-corrected chi connectivity index (χ0v) is 12.1. The summed E-state index contributed by atoms with van der Waals surface area (Å²) in [6.07, 6.45) is 6.62. The molecule has 0 bridgehead atoms. The highest BCUT2D eigenvalue weighted by Crippen LogP contribution is 2.26. The molecule has 2 heterocycles. The first kappa shape index (κ1) is 13.3. The number of ether oxygens (including phenoxy) is 1. The van der Waals surface area contributed by atoms with E-state index < -0.39 is 0 Å². The molecule has 3 unspecified atom stereocenters. The van der Waals surface area contributed by atoms with Crippen LogP contribution < -0.4 is 0 Å². The van der Waals surface area contributed by atoms with Crippen molar-refractivity contribution in [2.75, 3.05) is 11.9 Å². The van der Waals surface area contributed by atoms with Crippen LogP contribution in [0.3, 0.4) is 0 Å². The van der Waals surface area contributed by atoms with Gasteiger partial charge in [-0.15, -0.1) is 0 Å². The Bertz CT molecular complexity index is 270. The Balaban J connectivity index is 1.95. The number of halogens is 1. The molecule has 3 nitrogen and oxygen atoms in total. The van der Waals surface area contributed by atoms with E-state index in [0.717, 1.165) is 44.0 Å². The number of alkyl halides is 1. The number of rotatable bonds is 3. The van der Waals surface area contributed by atoms with Gasteiger partial charge in [-0.3, -0.25) is 4.79 Å². The molecule has 0 aromatic heterocycles. The smallest absolute Gasteiger partial charge is 0.251 e. The van der Waals surface area contributed by atoms with Gasteiger partial charge in [0.15, 0.2) is 0 Å². The Labute approximate surface area is 112 Å². The molecular formula is C13H22BrNO2. The summed E-state index contributed by atoms with van der Waals surface area (Å²) in [5, 5.41) is 0.976. The van der Waals surface area contributed by atoms with Crippen LogP contribution in [0.5, 0.6) is 0 Å². The fraction of sp³-hybridized carbons (Fsp3) is 0.923. The van der Waals surface area contributed by atoms with Crippen LogP contribution in [0.15, 0.2) is 0 Å². The van der Waals surface area contributed by atoms with E-state index in [1.54, 1.807) is 0 Å². The summed E-state index contributed by atoms with van der Waals surface area (Å²) < 4.78 is 5.70. The van der Waals surface area contributed by atoms with E-state index in [9.17, 15) is 4.79 Å². The van der Waals surface area contributed by atoms with E-state index in [2.05, 4.69) is 27.8 Å². The third-order valence-electron chi connectivity index (χ3n) is 3.86. The summed E-state index contributed by atoms with van der Waals surface area (Å²) >= 11 is 3.49. The van der Waals surface area contributed by atoms with Crippen LogP contribution in [-0.4, -0.2) is 40.9 Å². The van der Waals surface area contributed by atoms with Crippen molar-refractivity contribution in [2.45, 2.75) is 63.7 Å². The molecule has 3 atom stereocenters. The van der Waals surface area contributed by atoms with E-state index in [0.29, 0.717) is 6.04 Å². The fourth-order valence-electron chi connectivity index (χ4n) is 2.89. The van der Waals surface area contributed by atoms with Crippen molar-refractivity contribution in [3.63, 3.8) is 0 Å². The molecule has 98 valence electrons. The number of likely N-dealkylation sites (tertiary alicyclic amines) is 1. The molecule has 0 aromatic rings. The highest BCUT2D eigenvalue weighted by atomic mass is 79.9. The number of amides is 1. The first-order valence-corrected chi connectivity index (χ1v) is 7.86. The highest BCUT2D eigenvalue weighted by Gasteiger charge is 2.35. The van der Waals surface area contributed by atoms with Gasteiger partial charge in [0.1, 0.15) is 6.10 Å². The second-order valence-corrected chi connectivity index (χ2v) is 5.96. The topological polar surface area (TPSA) is 29.5 Å². The summed E-state index contributed by atoms with van der Waals surface area (Å²) in [5.74, 6) is 0.236. The molecule has 2 aliphatic rings. The maximum atomic E-state index is 12.4. The summed E-state index contributed by atoms with van der Waals surface area (Å²) in [6.45, 7) is 2.98. The average Bonchev–Trinajstić information content (AvgIpc) is 2.76. The van der Waals surface area contributed by atoms with Gasteiger partial charge in [-0.1, -0.05) is 15.9 Å². The summed E-state index contributed by atoms with van der Waals surface area (Å²) in [4.78, 5) is 14.5. The SMILES string of the molecule is CC1CCC(C(=O)N2CCCCC2CCBr)O1. The van der Waals surface area contributed by atoms with Crippen LogP contribution in [-0.2, 0) is 9.53 Å². The minimum atomic E-state index is -0.166. The zero-order valence-electron chi connectivity index (χ0n) is 10.5. The monoisotopic (exact) mass is 303 g/mol. The molecule has 17 heavy (non-hydrogen) atoms. The fourth-order valence-corrected chi connectivity index (χ4v) is 3.41. The molecule has 1 amide bonds. The Kier molecular flexibility index (Phi) is 4.86. The van der Waals surface area contributed by atoms with Gasteiger partial charge >= 0.3 is 0 Å². The predicted molar refractivity (Wildman–Crippen MR) is 71.3 cm³/mol. The Morgan fingerprint density at radius 2 is 2.18 bits per heavy atom. The Hall–Kier alpha value is -0.0900. The van der Waals surface area contributed by atoms with Gasteiger partial charge in [-0.05, 0) is 45.4 Å². The van der Waals surface area contributed by atoms with Crippen molar-refractivity contribution in [1.29, 1.82) is 0 Å². The zero-order chi connectivity index (χ0) is 12.3. The standard InChI is InChI=1S/C13H22BrNO2/c1-10-5-6-12(17-10)13(16)15-9-3-2-4-11(15)7-8-14/h10-12H,2-9H2,1H3. The van der Waals surface area contributed by atoms with E-state index in [1.165, 1.54) is 6.42 Å². The minimum Gasteiger partial charge on any atom is -0.365 e. The number of hydrogen-bond donors (Lipinski definition) is 0. The van der Waals surface area contributed by atoms with Crippen LogP contribution in [0.2, 0.25) is 0 Å². The number of carbonyl (C=O) groups excluding carboxylic acids is 1. The van der Waals surface area contributed by atoms with Crippen LogP contribution in [0, 0.1) is 0 Å². The van der Waals surface area contributed by atoms with E-state index in [-0.39, 0.29) is 18.1 Å². The van der Waals surface area contributed by atoms with Gasteiger partial charge in [0, 0.05) is 17.9 Å². The summed E-state index contributed by atoms with van der Waals surface area (Å²) in [5.41, 5.74) is 0. The Morgan fingerprint density at radius 3 is 2.82 bits per heavy atom. The normalized spacial score (nSPS) is 34.0. The summed E-state index contributed by atoms with van der Waals surface area (Å²) in [6, 6.07) is 0.426. The Morgan fingerprint density at radius 1 is 1.35 bits per heavy atom. The largest absolute Gasteiger partial charge is 0.365 e. The third kappa shape index (κ3) is 3.22. The average molecular weight is 304 g/mol. The number of nitrogens with zero attached hydrogens (tertiary/aromatic N) is 1. The molecule has 4 heteroatoms. The predicted octanol–water partition coefficient (Wildman–Crippen LogP) is 2.72. The van der Waals surface area contributed by atoms with Crippen LogP contribution >= 0.6 is 15.9 Å². The van der Waals surface area contributed by atoms with Crippen molar-refractivity contribution in [3.8, 4) is 0 Å². The van der Waals surface area contributed by atoms with Crippen molar-refractivity contribution in [3.05, 3.63) is 0 Å². The maximum absolute atomic E-state index is 12.4. The number of hydrogen-bond acceptors (Lipinski definition) is 2. The molecule has 2 aliphatic heterocycles. The van der Waals surface area contributed by atoms with Gasteiger partial charge in [0.2, 0.25) is 0 Å². The molecule has 2 rings (SSSR count). The molecule has 0 saturated carbocycles. The van der Waals surface area contributed by atoms with E-state index >= 15 is 0 Å². The number of carbonyl (C=O) groups is 1. The van der Waals surface area contributed by atoms with Crippen molar-refractivity contribution in [2.24, 2.45) is 0 Å². The van der Waals surface area contributed by atoms with Crippen LogP contribution in [0.25, 0.3) is 0 Å². The first-order chi connectivity index (χ1) is 8.22. The van der Waals surface area contributed by atoms with Crippen LogP contribution in [0.1, 0.15) is 45.4 Å². The second-order valence-electron chi connectivity index (χ2n) is 5.17. The molecule has 0 N–H and O–H groups in total. The quantitative estimate of drug-likeness (QED) is 0.750. The first-order valence-electron chi connectivity index (χ1n) is 6.74. The molecular weight excluding hydrogens is 282 g/mol. The number of piperidine rings is 1. The lowest BCUT2D eigenvalue weighted by Crippen LogP contribution is -2.48. The van der Waals surface area contributed by atoms with Crippen molar-refractivity contribution < 1.29 is 9.53 Å². The highest BCUT2D eigenvalue weighted by molar-refractivity contribution is 9.09. The van der Waals surface area contributed by atoms with Gasteiger partial charge < -0.3 is 9.64 Å². The summed E-state index contributed by atoms with van der Waals surface area (Å²) in [7, 11) is 0. The van der Waals surface area contributed by atoms with E-state index in [1.807, 2.05) is 0 Å². The van der Waals surface area contributed by atoms with E-state index in [4.69, 9.17) is 4.74 Å². The van der Waals surface area contributed by atoms with Gasteiger partial charge in [0.05, 0.1) is 6.10 Å². The molecule has 0 radical (unpaired) electrons. The molecule has 0 aliphatic carbocycles. The lowest BCUT2D eigenvalue weighted by atomic mass is 9.99. The molecule has 2 saturated heterocycles. The minimum absolute atomic E-state index is 0.166. The van der Waals surface area contributed by atoms with Crippen molar-refractivity contribution in [1.82, 2.24) is 4.90 Å². The lowest BCUT2D eigenvalue weighted by Gasteiger charge is -2.37. The van der Waals surface area contributed by atoms with Gasteiger partial charge in [-0.25, -0.2) is 0 Å². The second kappa shape index (κ2) is 6.19. The van der Waals surface area contributed by atoms with Crippen molar-refractivity contribution >= 4 is 21.8 Å². The molecule has 0 spiro atoms. The molecule has 2 fully saturated rings. The molecule has 0 aromatic carbocycles. The van der Waals surface area contributed by atoms with Crippen LogP contribution in [0.4, 0.5) is 0 Å². The van der Waals surface area contributed by atoms with Gasteiger partial charge in [0.25, 0.3) is 5.91 Å². The maximum Gasteiger partial charge on any atom is 0.251 e. The lowest BCUT2D eigenvalue weighted by molar-refractivity contribution is -0.146. The third-order valence-corrected chi connectivity index (χ3v) is 4.32.